The standard InChI is InChI=1S/C16H12O3.ClH/c1-10-7-14(11-5-3-2-4-6-11)19-15-9-12(17)8-13(18)16(10)15;/h2-9H,1H3,(H-,17,18);1H. The molecule has 1 heterocycles. The summed E-state index contributed by atoms with van der Waals surface area (Å²) in [5, 5.41) is 20.0. The fraction of sp³-hybridized carbons (Fsp3) is 0.0625. The molecule has 3 nitrogen and oxygen atoms in total. The first-order chi connectivity index (χ1) is 9.15. The number of phenols is 2. The lowest BCUT2D eigenvalue weighted by Crippen LogP contribution is -3.00. The van der Waals surface area contributed by atoms with Crippen LogP contribution in [0.5, 0.6) is 11.5 Å². The first kappa shape index (κ1) is 14.2. The largest absolute Gasteiger partial charge is 1.00 e. The van der Waals surface area contributed by atoms with Crippen LogP contribution in [0.1, 0.15) is 5.56 Å². The van der Waals surface area contributed by atoms with Gasteiger partial charge < -0.3 is 22.6 Å². The molecule has 0 unspecified atom stereocenters. The Kier molecular flexibility index (Phi) is 3.81. The Morgan fingerprint density at radius 2 is 1.65 bits per heavy atom. The van der Waals surface area contributed by atoms with E-state index in [0.717, 1.165) is 11.1 Å². The molecule has 102 valence electrons. The van der Waals surface area contributed by atoms with E-state index in [9.17, 15) is 10.2 Å². The number of aryl methyl sites for hydroxylation is 1. The normalized spacial score (nSPS) is 10.2. The van der Waals surface area contributed by atoms with Gasteiger partial charge in [0.25, 0.3) is 0 Å². The maximum Gasteiger partial charge on any atom is 0.368 e. The fourth-order valence-corrected chi connectivity index (χ4v) is 2.22. The number of rotatable bonds is 1. The van der Waals surface area contributed by atoms with Gasteiger partial charge in [-0.3, -0.25) is 0 Å². The molecule has 3 rings (SSSR count). The second-order valence-electron chi connectivity index (χ2n) is 4.50. The van der Waals surface area contributed by atoms with E-state index >= 15 is 0 Å². The zero-order valence-corrected chi connectivity index (χ0v) is 11.6. The number of hydrogen-bond acceptors (Lipinski definition) is 2. The molecule has 0 radical (unpaired) electrons. The highest BCUT2D eigenvalue weighted by molar-refractivity contribution is 5.89. The maximum atomic E-state index is 9.87. The lowest BCUT2D eigenvalue weighted by molar-refractivity contribution is -0.00000652. The van der Waals surface area contributed by atoms with Gasteiger partial charge in [-0.25, -0.2) is 4.42 Å². The third-order valence-electron chi connectivity index (χ3n) is 3.09. The van der Waals surface area contributed by atoms with Crippen molar-refractivity contribution in [2.45, 2.75) is 6.92 Å². The molecule has 0 spiro atoms. The Hall–Kier alpha value is -2.26. The van der Waals surface area contributed by atoms with Gasteiger partial charge in [0.2, 0.25) is 0 Å². The summed E-state index contributed by atoms with van der Waals surface area (Å²) in [5.74, 6) is 0.713. The topological polar surface area (TPSA) is 51.8 Å². The van der Waals surface area contributed by atoms with Crippen molar-refractivity contribution in [3.8, 4) is 22.8 Å². The molecule has 0 saturated heterocycles. The SMILES string of the molecule is Cc1cc(-c2ccccc2)[o+]c2cc(O)cc(O)c12.[Cl-]. The quantitative estimate of drug-likeness (QED) is 0.660. The Labute approximate surface area is 122 Å². The van der Waals surface area contributed by atoms with Crippen molar-refractivity contribution in [3.05, 3.63) is 54.1 Å². The van der Waals surface area contributed by atoms with Crippen LogP contribution in [-0.4, -0.2) is 10.2 Å². The van der Waals surface area contributed by atoms with E-state index < -0.39 is 0 Å². The van der Waals surface area contributed by atoms with Crippen LogP contribution in [0.15, 0.2) is 52.9 Å². The van der Waals surface area contributed by atoms with Gasteiger partial charge in [-0.15, -0.1) is 0 Å². The molecule has 3 aromatic rings. The second kappa shape index (κ2) is 5.39. The number of phenolic OH excluding ortho intramolecular Hbond substituents is 2. The highest BCUT2D eigenvalue weighted by Crippen LogP contribution is 2.35. The summed E-state index contributed by atoms with van der Waals surface area (Å²) in [7, 11) is 0. The molecule has 0 bridgehead atoms. The number of halogens is 1. The third kappa shape index (κ3) is 2.40. The monoisotopic (exact) mass is 288 g/mol. The smallest absolute Gasteiger partial charge is 0.368 e. The molecule has 20 heavy (non-hydrogen) atoms. The minimum Gasteiger partial charge on any atom is -1.00 e. The van der Waals surface area contributed by atoms with Crippen LogP contribution in [0, 0.1) is 6.92 Å². The van der Waals surface area contributed by atoms with Gasteiger partial charge in [0.05, 0.1) is 11.6 Å². The minimum atomic E-state index is -0.0154. The van der Waals surface area contributed by atoms with E-state index in [0.29, 0.717) is 16.7 Å². The molecule has 2 N–H and O–H groups in total. The van der Waals surface area contributed by atoms with Crippen LogP contribution in [0.4, 0.5) is 0 Å². The zero-order chi connectivity index (χ0) is 13.4. The van der Waals surface area contributed by atoms with Crippen molar-refractivity contribution in [1.29, 1.82) is 0 Å². The summed E-state index contributed by atoms with van der Waals surface area (Å²) in [6.45, 7) is 1.90. The van der Waals surface area contributed by atoms with Crippen LogP contribution in [-0.2, 0) is 0 Å². The van der Waals surface area contributed by atoms with E-state index in [1.807, 2.05) is 43.3 Å². The Balaban J connectivity index is 0.00000147. The average molecular weight is 289 g/mol. The summed E-state index contributed by atoms with van der Waals surface area (Å²) in [5.41, 5.74) is 2.32. The van der Waals surface area contributed by atoms with E-state index in [2.05, 4.69) is 0 Å². The Morgan fingerprint density at radius 3 is 2.35 bits per heavy atom. The Morgan fingerprint density at radius 1 is 0.950 bits per heavy atom. The first-order valence-corrected chi connectivity index (χ1v) is 6.00. The summed E-state index contributed by atoms with van der Waals surface area (Å²) in [4.78, 5) is 0. The summed E-state index contributed by atoms with van der Waals surface area (Å²) < 4.78 is 5.77. The van der Waals surface area contributed by atoms with Gasteiger partial charge >= 0.3 is 11.3 Å². The molecule has 0 aliphatic heterocycles. The predicted molar refractivity (Wildman–Crippen MR) is 74.1 cm³/mol. The summed E-state index contributed by atoms with van der Waals surface area (Å²) in [6.07, 6.45) is 0. The number of aromatic hydroxyl groups is 2. The van der Waals surface area contributed by atoms with Crippen LogP contribution in [0.2, 0.25) is 0 Å². The summed E-state index contributed by atoms with van der Waals surface area (Å²) >= 11 is 0. The van der Waals surface area contributed by atoms with E-state index in [-0.39, 0.29) is 23.9 Å². The van der Waals surface area contributed by atoms with E-state index in [1.54, 1.807) is 0 Å². The van der Waals surface area contributed by atoms with Crippen molar-refractivity contribution < 1.29 is 27.0 Å². The molecule has 0 aliphatic carbocycles. The van der Waals surface area contributed by atoms with Gasteiger partial charge in [0, 0.05) is 12.1 Å². The molecule has 2 aromatic carbocycles. The fourth-order valence-electron chi connectivity index (χ4n) is 2.22. The van der Waals surface area contributed by atoms with Gasteiger partial charge in [-0.1, -0.05) is 18.2 Å². The lowest BCUT2D eigenvalue weighted by Gasteiger charge is -2.00. The first-order valence-electron chi connectivity index (χ1n) is 6.00. The molecule has 0 atom stereocenters. The van der Waals surface area contributed by atoms with Crippen molar-refractivity contribution >= 4 is 11.0 Å². The average Bonchev–Trinajstić information content (AvgIpc) is 2.38. The van der Waals surface area contributed by atoms with E-state index in [1.165, 1.54) is 12.1 Å². The predicted octanol–water partition coefficient (Wildman–Crippen LogP) is 1.10. The van der Waals surface area contributed by atoms with Crippen molar-refractivity contribution in [3.63, 3.8) is 0 Å². The zero-order valence-electron chi connectivity index (χ0n) is 10.8. The Bertz CT molecular complexity index is 755. The molecular weight excluding hydrogens is 276 g/mol. The van der Waals surface area contributed by atoms with Crippen LogP contribution in [0.25, 0.3) is 22.3 Å². The molecule has 4 heteroatoms. The van der Waals surface area contributed by atoms with Gasteiger partial charge in [0.1, 0.15) is 16.9 Å². The van der Waals surface area contributed by atoms with E-state index in [4.69, 9.17) is 4.42 Å². The van der Waals surface area contributed by atoms with Crippen LogP contribution >= 0.6 is 0 Å². The van der Waals surface area contributed by atoms with Gasteiger partial charge in [-0.05, 0) is 24.6 Å². The third-order valence-corrected chi connectivity index (χ3v) is 3.09. The molecule has 0 saturated carbocycles. The van der Waals surface area contributed by atoms with Gasteiger partial charge in [-0.2, -0.15) is 0 Å². The van der Waals surface area contributed by atoms with Crippen molar-refractivity contribution in [1.82, 2.24) is 0 Å². The van der Waals surface area contributed by atoms with Crippen LogP contribution in [0.3, 0.4) is 0 Å². The van der Waals surface area contributed by atoms with Crippen molar-refractivity contribution in [2.24, 2.45) is 0 Å². The summed E-state index contributed by atoms with van der Waals surface area (Å²) in [6, 6.07) is 14.4. The number of fused-ring (bicyclic) bond motifs is 1. The van der Waals surface area contributed by atoms with Crippen LogP contribution < -0.4 is 12.4 Å². The van der Waals surface area contributed by atoms with Crippen molar-refractivity contribution in [2.75, 3.05) is 0 Å². The number of hydrogen-bond donors (Lipinski definition) is 2. The molecule has 1 aromatic heterocycles. The second-order valence-corrected chi connectivity index (χ2v) is 4.50. The molecule has 0 fully saturated rings. The highest BCUT2D eigenvalue weighted by Gasteiger charge is 2.20. The molecule has 0 amide bonds. The molecular formula is C16H13ClO3. The lowest BCUT2D eigenvalue weighted by atomic mass is 10.1. The maximum absolute atomic E-state index is 9.87. The highest BCUT2D eigenvalue weighted by atomic mass is 35.5. The van der Waals surface area contributed by atoms with Gasteiger partial charge in [0.15, 0.2) is 0 Å². The number of benzene rings is 2. The molecule has 0 aliphatic rings. The minimum absolute atomic E-state index is 0.